The molecular weight excluding hydrogens is 456 g/mol. The van der Waals surface area contributed by atoms with Crippen LogP contribution in [0.2, 0.25) is 0 Å². The second kappa shape index (κ2) is 9.29. The minimum absolute atomic E-state index is 0.0498. The van der Waals surface area contributed by atoms with Gasteiger partial charge in [-0.15, -0.1) is 0 Å². The van der Waals surface area contributed by atoms with E-state index in [1.165, 1.54) is 12.1 Å². The Balaban J connectivity index is 1.38. The lowest BCUT2D eigenvalue weighted by Gasteiger charge is -2.48. The van der Waals surface area contributed by atoms with Crippen molar-refractivity contribution in [3.8, 4) is 5.75 Å². The average molecular weight is 487 g/mol. The lowest BCUT2D eigenvalue weighted by atomic mass is 9.82. The molecule has 0 saturated carbocycles. The van der Waals surface area contributed by atoms with Crippen LogP contribution < -0.4 is 15.8 Å². The van der Waals surface area contributed by atoms with Gasteiger partial charge in [0.05, 0.1) is 17.7 Å². The molecule has 11 heteroatoms. The van der Waals surface area contributed by atoms with Gasteiger partial charge in [-0.2, -0.15) is 0 Å². The summed E-state index contributed by atoms with van der Waals surface area (Å²) in [6.45, 7) is 7.91. The van der Waals surface area contributed by atoms with Crippen molar-refractivity contribution in [3.63, 3.8) is 0 Å². The molecule has 1 aromatic carbocycles. The molecule has 3 aliphatic heterocycles. The summed E-state index contributed by atoms with van der Waals surface area (Å²) < 4.78 is 11.0. The fourth-order valence-electron chi connectivity index (χ4n) is 4.95. The van der Waals surface area contributed by atoms with E-state index in [1.807, 2.05) is 0 Å². The second-order valence-corrected chi connectivity index (χ2v) is 10.2. The molecule has 2 atom stereocenters. The molecule has 188 valence electrons. The van der Waals surface area contributed by atoms with Crippen LogP contribution in [0.4, 0.5) is 4.79 Å². The summed E-state index contributed by atoms with van der Waals surface area (Å²) in [5.74, 6) is -1.71. The van der Waals surface area contributed by atoms with Crippen LogP contribution >= 0.6 is 0 Å². The largest absolute Gasteiger partial charge is 0.488 e. The Bertz CT molecular complexity index is 1070. The molecule has 4 rings (SSSR count). The number of hydrogen-bond acceptors (Lipinski definition) is 8. The SMILES string of the molecule is CC(C)(C)C(CCOC(N)=O)N1CC(Oc2ccc3c(c2)C(=O)N(C2CCC(=O)NC2=O)C3=O)C1. The normalized spacial score (nSPS) is 21.9. The Hall–Kier alpha value is -3.47. The van der Waals surface area contributed by atoms with Gasteiger partial charge < -0.3 is 15.2 Å². The third-order valence-corrected chi connectivity index (χ3v) is 6.67. The van der Waals surface area contributed by atoms with Crippen LogP contribution in [0.1, 0.15) is 60.7 Å². The number of ether oxygens (including phenoxy) is 2. The van der Waals surface area contributed by atoms with E-state index in [-0.39, 0.29) is 48.1 Å². The number of benzene rings is 1. The van der Waals surface area contributed by atoms with Gasteiger partial charge in [-0.3, -0.25) is 34.3 Å². The first-order chi connectivity index (χ1) is 16.5. The Kier molecular flexibility index (Phi) is 6.54. The van der Waals surface area contributed by atoms with E-state index in [0.717, 1.165) is 4.90 Å². The number of nitrogens with two attached hydrogens (primary N) is 1. The first kappa shape index (κ1) is 24.6. The maximum absolute atomic E-state index is 13.0. The van der Waals surface area contributed by atoms with Crippen LogP contribution in [0.3, 0.4) is 0 Å². The zero-order valence-electron chi connectivity index (χ0n) is 20.0. The lowest BCUT2D eigenvalue weighted by Crippen LogP contribution is -2.61. The van der Waals surface area contributed by atoms with Crippen molar-refractivity contribution >= 4 is 29.7 Å². The molecule has 2 unspecified atom stereocenters. The highest BCUT2D eigenvalue weighted by Gasteiger charge is 2.45. The van der Waals surface area contributed by atoms with Crippen molar-refractivity contribution in [2.45, 2.75) is 58.2 Å². The summed E-state index contributed by atoms with van der Waals surface area (Å²) >= 11 is 0. The Morgan fingerprint density at radius 1 is 1.14 bits per heavy atom. The number of fused-ring (bicyclic) bond motifs is 1. The van der Waals surface area contributed by atoms with Gasteiger partial charge in [0.2, 0.25) is 11.8 Å². The van der Waals surface area contributed by atoms with Crippen LogP contribution in [0, 0.1) is 5.41 Å². The molecule has 11 nitrogen and oxygen atoms in total. The average Bonchev–Trinajstić information content (AvgIpc) is 2.97. The van der Waals surface area contributed by atoms with Crippen molar-refractivity contribution in [3.05, 3.63) is 29.3 Å². The van der Waals surface area contributed by atoms with E-state index < -0.39 is 35.8 Å². The van der Waals surface area contributed by atoms with Crippen molar-refractivity contribution in [1.82, 2.24) is 15.1 Å². The minimum Gasteiger partial charge on any atom is -0.488 e. The third-order valence-electron chi connectivity index (χ3n) is 6.67. The molecular formula is C24H30N4O7. The molecule has 5 amide bonds. The van der Waals surface area contributed by atoms with Gasteiger partial charge in [-0.25, -0.2) is 4.79 Å². The van der Waals surface area contributed by atoms with E-state index in [1.54, 1.807) is 6.07 Å². The van der Waals surface area contributed by atoms with E-state index in [9.17, 15) is 24.0 Å². The van der Waals surface area contributed by atoms with E-state index in [2.05, 4.69) is 31.0 Å². The van der Waals surface area contributed by atoms with Crippen molar-refractivity contribution < 1.29 is 33.4 Å². The van der Waals surface area contributed by atoms with Crippen molar-refractivity contribution in [1.29, 1.82) is 0 Å². The van der Waals surface area contributed by atoms with Gasteiger partial charge in [0, 0.05) is 25.6 Å². The number of carbonyl (C=O) groups is 5. The van der Waals surface area contributed by atoms with Crippen LogP contribution in [-0.2, 0) is 14.3 Å². The maximum Gasteiger partial charge on any atom is 0.404 e. The number of rotatable bonds is 7. The minimum atomic E-state index is -1.00. The summed E-state index contributed by atoms with van der Waals surface area (Å²) in [5, 5.41) is 2.18. The lowest BCUT2D eigenvalue weighted by molar-refractivity contribution is -0.136. The third kappa shape index (κ3) is 5.00. The van der Waals surface area contributed by atoms with E-state index >= 15 is 0 Å². The predicted molar refractivity (Wildman–Crippen MR) is 122 cm³/mol. The number of hydrogen-bond donors (Lipinski definition) is 2. The Morgan fingerprint density at radius 3 is 2.46 bits per heavy atom. The number of imide groups is 2. The summed E-state index contributed by atoms with van der Waals surface area (Å²) in [4.78, 5) is 63.5. The predicted octanol–water partition coefficient (Wildman–Crippen LogP) is 1.05. The molecule has 0 aromatic heterocycles. The topological polar surface area (TPSA) is 148 Å². The molecule has 3 heterocycles. The number of nitrogens with zero attached hydrogens (tertiary/aromatic N) is 2. The molecule has 0 aliphatic carbocycles. The number of piperidine rings is 1. The summed E-state index contributed by atoms with van der Waals surface area (Å²) in [6.07, 6.45) is -0.0703. The zero-order chi connectivity index (χ0) is 25.5. The van der Waals surface area contributed by atoms with Crippen LogP contribution in [0.25, 0.3) is 0 Å². The molecule has 0 bridgehead atoms. The monoisotopic (exact) mass is 486 g/mol. The van der Waals surface area contributed by atoms with Crippen LogP contribution in [0.15, 0.2) is 18.2 Å². The highest BCUT2D eigenvalue weighted by Crippen LogP contribution is 2.34. The van der Waals surface area contributed by atoms with Gasteiger partial charge in [0.15, 0.2) is 0 Å². The number of carbonyl (C=O) groups excluding carboxylic acids is 5. The van der Waals surface area contributed by atoms with Gasteiger partial charge in [0.25, 0.3) is 11.8 Å². The number of nitrogens with one attached hydrogen (secondary N) is 1. The molecule has 2 saturated heterocycles. The highest BCUT2D eigenvalue weighted by atomic mass is 16.5. The molecule has 3 aliphatic rings. The number of likely N-dealkylation sites (tertiary alicyclic amines) is 1. The quantitative estimate of drug-likeness (QED) is 0.544. The summed E-state index contributed by atoms with van der Waals surface area (Å²) in [6, 6.07) is 3.86. The van der Waals surface area contributed by atoms with Crippen LogP contribution in [0.5, 0.6) is 5.75 Å². The Morgan fingerprint density at radius 2 is 1.83 bits per heavy atom. The maximum atomic E-state index is 13.0. The zero-order valence-corrected chi connectivity index (χ0v) is 20.0. The molecule has 35 heavy (non-hydrogen) atoms. The van der Waals surface area contributed by atoms with Gasteiger partial charge in [0.1, 0.15) is 17.9 Å². The first-order valence-corrected chi connectivity index (χ1v) is 11.6. The first-order valence-electron chi connectivity index (χ1n) is 11.6. The van der Waals surface area contributed by atoms with E-state index in [0.29, 0.717) is 25.3 Å². The number of amides is 5. The van der Waals surface area contributed by atoms with Gasteiger partial charge >= 0.3 is 6.09 Å². The fraction of sp³-hybridized carbons (Fsp3) is 0.542. The van der Waals surface area contributed by atoms with Gasteiger partial charge in [-0.05, 0) is 36.5 Å². The summed E-state index contributed by atoms with van der Waals surface area (Å²) in [7, 11) is 0. The van der Waals surface area contributed by atoms with Gasteiger partial charge in [-0.1, -0.05) is 20.8 Å². The molecule has 2 fully saturated rings. The Labute approximate surface area is 202 Å². The highest BCUT2D eigenvalue weighted by molar-refractivity contribution is 6.23. The number of primary amides is 1. The molecule has 0 radical (unpaired) electrons. The molecule has 0 spiro atoms. The summed E-state index contributed by atoms with van der Waals surface area (Å²) in [5.41, 5.74) is 5.41. The standard InChI is InChI=1S/C24H30N4O7/c1-24(2,3)18(8-9-34-23(25)33)27-11-14(12-27)35-13-4-5-15-16(10-13)22(32)28(21(15)31)17-6-7-19(29)26-20(17)30/h4-5,10,14,17-18H,6-9,11-12H2,1-3H3,(H2,25,33)(H,26,29,30). The van der Waals surface area contributed by atoms with E-state index in [4.69, 9.17) is 15.2 Å². The van der Waals surface area contributed by atoms with Crippen molar-refractivity contribution in [2.75, 3.05) is 19.7 Å². The van der Waals surface area contributed by atoms with Crippen LogP contribution in [-0.4, -0.2) is 77.4 Å². The fourth-order valence-corrected chi connectivity index (χ4v) is 4.95. The van der Waals surface area contributed by atoms with Crippen molar-refractivity contribution in [2.24, 2.45) is 11.1 Å². The molecule has 1 aromatic rings. The molecule has 3 N–H and O–H groups in total. The second-order valence-electron chi connectivity index (χ2n) is 10.2. The smallest absolute Gasteiger partial charge is 0.404 e.